The number of hydrogen-bond acceptors (Lipinski definition) is 16. The van der Waals surface area contributed by atoms with Gasteiger partial charge in [0, 0.05) is 21.8 Å². The minimum Gasteiger partial charge on any atom is -0.870 e. The van der Waals surface area contributed by atoms with Crippen LogP contribution in [0.3, 0.4) is 0 Å². The van der Waals surface area contributed by atoms with Crippen LogP contribution in [0.5, 0.6) is 23.3 Å². The summed E-state index contributed by atoms with van der Waals surface area (Å²) in [4.78, 5) is -2.08. The molecule has 0 amide bonds. The van der Waals surface area contributed by atoms with E-state index in [1.807, 2.05) is 0 Å². The van der Waals surface area contributed by atoms with Gasteiger partial charge < -0.3 is 29.5 Å². The zero-order valence-corrected chi connectivity index (χ0v) is 41.1. The van der Waals surface area contributed by atoms with Crippen LogP contribution in [0.25, 0.3) is 11.4 Å². The molecule has 0 aliphatic rings. The molecule has 1 radical (unpaired) electrons. The molecule has 0 N–H and O–H groups in total. The van der Waals surface area contributed by atoms with E-state index in [-0.39, 0.29) is 139 Å². The zero-order chi connectivity index (χ0) is 39.5. The fraction of sp³-hybridized carbons (Fsp3) is 0.0625. The SMILES string of the molecule is Cc1nn(-c2ccccc2)c([O-])c1N=Nc1cc(Cl)cc(S(=O)(=O)[O-])c1[O-].Cc1nn(-c2ccccc2)c([O-])c1N=Nc1cc(Cl)cc(S(=O)(=O)[O-])c1[O-].[Cr+3].[Na+].[Na+].[Na+]. The van der Waals surface area contributed by atoms with Crippen molar-refractivity contribution in [3.8, 4) is 34.6 Å². The average molecular weight is 933 g/mol. The third-order valence-corrected chi connectivity index (χ3v) is 9.15. The second-order valence-corrected chi connectivity index (χ2v) is 14.4. The van der Waals surface area contributed by atoms with Crippen LogP contribution in [0.4, 0.5) is 22.7 Å². The normalized spacial score (nSPS) is 11.1. The van der Waals surface area contributed by atoms with Gasteiger partial charge >= 0.3 is 106 Å². The topological polar surface area (TPSA) is 292 Å². The number of benzene rings is 4. The largest absolute Gasteiger partial charge is 3.00 e. The van der Waals surface area contributed by atoms with Gasteiger partial charge in [0.2, 0.25) is 0 Å². The van der Waals surface area contributed by atoms with Crippen LogP contribution in [0.2, 0.25) is 10.0 Å². The first-order chi connectivity index (χ1) is 25.4. The summed E-state index contributed by atoms with van der Waals surface area (Å²) in [6.07, 6.45) is 0. The molecule has 0 atom stereocenters. The van der Waals surface area contributed by atoms with Gasteiger partial charge in [-0.3, -0.25) is 0 Å². The predicted octanol–water partition coefficient (Wildman–Crippen LogP) is -4.39. The van der Waals surface area contributed by atoms with Crippen molar-refractivity contribution >= 4 is 66.2 Å². The van der Waals surface area contributed by atoms with Crippen LogP contribution < -0.4 is 109 Å². The van der Waals surface area contributed by atoms with Crippen LogP contribution in [-0.4, -0.2) is 45.5 Å². The maximum absolute atomic E-state index is 12.5. The summed E-state index contributed by atoms with van der Waals surface area (Å²) in [6.45, 7) is 3.05. The Balaban J connectivity index is 0.000000543. The Morgan fingerprint density at radius 2 is 0.862 bits per heavy atom. The Morgan fingerprint density at radius 1 is 0.552 bits per heavy atom. The molecular weight excluding hydrogens is 912 g/mol. The van der Waals surface area contributed by atoms with Crippen LogP contribution in [-0.2, 0) is 37.6 Å². The second-order valence-electron chi connectivity index (χ2n) is 10.8. The summed E-state index contributed by atoms with van der Waals surface area (Å²) in [6, 6.07) is 20.7. The zero-order valence-electron chi connectivity index (χ0n) is 30.7. The molecule has 0 unspecified atom stereocenters. The Labute approximate surface area is 418 Å². The number of nitrogens with zero attached hydrogens (tertiary/aromatic N) is 8. The van der Waals surface area contributed by atoms with Crippen molar-refractivity contribution in [3.05, 3.63) is 106 Å². The van der Waals surface area contributed by atoms with Crippen LogP contribution in [0.1, 0.15) is 11.4 Å². The summed E-state index contributed by atoms with van der Waals surface area (Å²) in [5.41, 5.74) is 0.288. The predicted molar refractivity (Wildman–Crippen MR) is 182 cm³/mol. The molecule has 0 bridgehead atoms. The smallest absolute Gasteiger partial charge is 0.870 e. The van der Waals surface area contributed by atoms with Crippen molar-refractivity contribution in [1.29, 1.82) is 0 Å². The van der Waals surface area contributed by atoms with Gasteiger partial charge in [-0.15, -0.1) is 10.2 Å². The molecule has 0 fully saturated rings. The standard InChI is InChI=1S/2C16H13ClN4O5S.Cr.3Na/c2*1-9-14(16(23)21(20-9)11-5-3-2-4-6-11)19-18-12-7-10(17)8-13(15(12)22)27(24,25)26;;;;/h2*2-8,22-23H,1H3,(H,24,25,26);;;;/q;;+3;3*+1/p-6. The fourth-order valence-electron chi connectivity index (χ4n) is 4.55. The van der Waals surface area contributed by atoms with E-state index in [2.05, 4.69) is 30.7 Å². The third-order valence-electron chi connectivity index (χ3n) is 7.03. The second kappa shape index (κ2) is 22.5. The molecule has 283 valence electrons. The molecule has 26 heteroatoms. The van der Waals surface area contributed by atoms with Crippen LogP contribution >= 0.6 is 23.2 Å². The Hall–Kier alpha value is -2.37. The molecule has 6 aromatic rings. The van der Waals surface area contributed by atoms with E-state index in [1.165, 1.54) is 13.8 Å². The third kappa shape index (κ3) is 12.8. The first kappa shape index (κ1) is 53.7. The van der Waals surface area contributed by atoms with Crippen molar-refractivity contribution in [2.75, 3.05) is 0 Å². The molecule has 0 saturated heterocycles. The van der Waals surface area contributed by atoms with E-state index in [0.717, 1.165) is 33.6 Å². The average Bonchev–Trinajstić information content (AvgIpc) is 3.57. The van der Waals surface area contributed by atoms with Crippen LogP contribution in [0.15, 0.2) is 115 Å². The molecule has 2 aromatic heterocycles. The molecule has 0 spiro atoms. The van der Waals surface area contributed by atoms with Crippen molar-refractivity contribution in [2.24, 2.45) is 20.5 Å². The molecule has 4 aromatic carbocycles. The molecule has 0 aliphatic carbocycles. The van der Waals surface area contributed by atoms with E-state index in [9.17, 15) is 46.4 Å². The molecule has 6 rings (SSSR count). The van der Waals surface area contributed by atoms with E-state index >= 15 is 0 Å². The Bertz CT molecular complexity index is 2490. The number of hydrogen-bond donors (Lipinski definition) is 0. The van der Waals surface area contributed by atoms with E-state index in [4.69, 9.17) is 23.2 Å². The monoisotopic (exact) mass is 931 g/mol. The van der Waals surface area contributed by atoms with Crippen molar-refractivity contribution < 1.29 is 152 Å². The van der Waals surface area contributed by atoms with Gasteiger partial charge in [0.15, 0.2) is 0 Å². The first-order valence-electron chi connectivity index (χ1n) is 14.8. The summed E-state index contributed by atoms with van der Waals surface area (Å²) < 4.78 is 69.1. The molecule has 58 heavy (non-hydrogen) atoms. The van der Waals surface area contributed by atoms with E-state index < -0.39 is 64.7 Å². The number of rotatable bonds is 8. The number of aromatic nitrogens is 4. The van der Waals surface area contributed by atoms with Gasteiger partial charge in [-0.2, -0.15) is 20.4 Å². The van der Waals surface area contributed by atoms with Gasteiger partial charge in [0.25, 0.3) is 0 Å². The van der Waals surface area contributed by atoms with Gasteiger partial charge in [0.05, 0.1) is 43.9 Å². The minimum atomic E-state index is -5.04. The maximum atomic E-state index is 12.5. The molecule has 2 heterocycles. The number of halogens is 2. The summed E-state index contributed by atoms with van der Waals surface area (Å²) >= 11 is 11.5. The number of para-hydroxylation sites is 2. The maximum Gasteiger partial charge on any atom is 3.00 e. The van der Waals surface area contributed by atoms with E-state index in [1.54, 1.807) is 60.7 Å². The minimum absolute atomic E-state index is 0. The quantitative estimate of drug-likeness (QED) is 0.0795. The number of azo groups is 2. The number of aryl methyl sites for hydroxylation is 2. The van der Waals surface area contributed by atoms with Gasteiger partial charge in [-0.05, 0) is 62.4 Å². The van der Waals surface area contributed by atoms with Crippen LogP contribution in [0, 0.1) is 13.8 Å². The summed E-state index contributed by atoms with van der Waals surface area (Å²) in [5.74, 6) is -3.46. The summed E-state index contributed by atoms with van der Waals surface area (Å²) in [7, 11) is -10.1. The molecular formula is C32H20Cl2CrN8Na3O10S2. The molecule has 0 saturated carbocycles. The fourth-order valence-corrected chi connectivity index (χ4v) is 6.31. The van der Waals surface area contributed by atoms with Gasteiger partial charge in [0.1, 0.15) is 31.6 Å². The summed E-state index contributed by atoms with van der Waals surface area (Å²) in [5, 5.41) is 71.6. The Morgan fingerprint density at radius 3 is 1.16 bits per heavy atom. The van der Waals surface area contributed by atoms with Crippen molar-refractivity contribution in [1.82, 2.24) is 19.6 Å². The van der Waals surface area contributed by atoms with Gasteiger partial charge in [-0.25, -0.2) is 26.2 Å². The Kier molecular flexibility index (Phi) is 20.8. The molecule has 0 aliphatic heterocycles. The van der Waals surface area contributed by atoms with Crippen molar-refractivity contribution in [2.45, 2.75) is 23.6 Å². The first-order valence-corrected chi connectivity index (χ1v) is 18.3. The van der Waals surface area contributed by atoms with Gasteiger partial charge in [-0.1, -0.05) is 71.1 Å². The van der Waals surface area contributed by atoms with Crippen molar-refractivity contribution in [3.63, 3.8) is 0 Å². The molecule has 18 nitrogen and oxygen atoms in total. The van der Waals surface area contributed by atoms with E-state index in [0.29, 0.717) is 11.4 Å².